The first kappa shape index (κ1) is 24.8. The maximum absolute atomic E-state index is 13.8. The highest BCUT2D eigenvalue weighted by atomic mass is 32.1. The minimum Gasteiger partial charge on any atom is -0.493 e. The van der Waals surface area contributed by atoms with Crippen LogP contribution in [-0.2, 0) is 17.9 Å². The Balaban J connectivity index is 1.53. The number of thiophene rings is 1. The molecule has 190 valence electrons. The van der Waals surface area contributed by atoms with Gasteiger partial charge in [0.1, 0.15) is 5.75 Å². The third-order valence-corrected chi connectivity index (χ3v) is 6.83. The summed E-state index contributed by atoms with van der Waals surface area (Å²) in [6, 6.07) is 28.5. The molecule has 0 radical (unpaired) electrons. The maximum Gasteiger partial charge on any atom is 0.303 e. The number of nitrogens with zero attached hydrogens (tertiary/aromatic N) is 1. The summed E-state index contributed by atoms with van der Waals surface area (Å²) in [6.07, 6.45) is 2.28. The van der Waals surface area contributed by atoms with E-state index < -0.39 is 12.5 Å². The van der Waals surface area contributed by atoms with Crippen LogP contribution in [0, 0.1) is 0 Å². The zero-order chi connectivity index (χ0) is 26.7. The van der Waals surface area contributed by atoms with Gasteiger partial charge in [0.2, 0.25) is 0 Å². The zero-order valence-corrected chi connectivity index (χ0v) is 21.4. The van der Waals surface area contributed by atoms with Crippen molar-refractivity contribution in [3.05, 3.63) is 113 Å². The van der Waals surface area contributed by atoms with Crippen LogP contribution < -0.4 is 4.74 Å². The summed E-state index contributed by atoms with van der Waals surface area (Å²) in [5, 5.41) is 10.8. The van der Waals surface area contributed by atoms with Crippen LogP contribution in [0.15, 0.2) is 96.4 Å². The highest BCUT2D eigenvalue weighted by Gasteiger charge is 2.19. The maximum atomic E-state index is 13.8. The summed E-state index contributed by atoms with van der Waals surface area (Å²) in [5.74, 6) is -0.350. The molecule has 1 unspecified atom stereocenters. The number of carbonyl (C=O) groups excluding carboxylic acids is 1. The fourth-order valence-electron chi connectivity index (χ4n) is 3.98. The summed E-state index contributed by atoms with van der Waals surface area (Å²) in [6.45, 7) is -0.230. The number of para-hydroxylation sites is 1. The first-order chi connectivity index (χ1) is 18.5. The van der Waals surface area contributed by atoms with E-state index in [-0.39, 0.29) is 18.9 Å². The van der Waals surface area contributed by atoms with Crippen molar-refractivity contribution in [2.75, 3.05) is 6.61 Å². The van der Waals surface area contributed by atoms with Gasteiger partial charge in [0.15, 0.2) is 0 Å². The molecule has 0 aliphatic heterocycles. The van der Waals surface area contributed by atoms with Crippen LogP contribution in [0.5, 0.6) is 5.75 Å². The van der Waals surface area contributed by atoms with Gasteiger partial charge < -0.3 is 14.7 Å². The van der Waals surface area contributed by atoms with Gasteiger partial charge in [-0.2, -0.15) is 0 Å². The Hall–Kier alpha value is -3.90. The highest BCUT2D eigenvalue weighted by molar-refractivity contribution is 7.13. The number of carbonyl (C=O) groups is 2. The molecule has 1 amide bonds. The normalized spacial score (nSPS) is 11.9. The topological polar surface area (TPSA) is 66.8 Å². The number of rotatable bonds is 13. The van der Waals surface area contributed by atoms with Crippen molar-refractivity contribution >= 4 is 23.2 Å². The molecule has 0 fully saturated rings. The molecule has 3 aromatic carbocycles. The van der Waals surface area contributed by atoms with Gasteiger partial charge in [-0.05, 0) is 60.0 Å². The van der Waals surface area contributed by atoms with E-state index in [1.807, 2.05) is 96.4 Å². The van der Waals surface area contributed by atoms with E-state index in [1.54, 1.807) is 16.2 Å². The molecule has 1 heterocycles. The van der Waals surface area contributed by atoms with Gasteiger partial charge in [-0.25, -0.2) is 0 Å². The Morgan fingerprint density at radius 1 is 0.865 bits per heavy atom. The Labute approximate surface area is 223 Å². The second-order valence-electron chi connectivity index (χ2n) is 8.69. The smallest absolute Gasteiger partial charge is 0.303 e. The molecular weight excluding hydrogens is 482 g/mol. The molecule has 0 bridgehead atoms. The fourth-order valence-corrected chi connectivity index (χ4v) is 4.71. The lowest BCUT2D eigenvalue weighted by atomic mass is 10.1. The molecule has 5 nitrogen and oxygen atoms in total. The number of carboxylic acid groups (broad SMARTS) is 1. The molecule has 0 spiro atoms. The minimum absolute atomic E-state index is 0.159. The summed E-state index contributed by atoms with van der Waals surface area (Å²) in [4.78, 5) is 27.2. The van der Waals surface area contributed by atoms with Crippen molar-refractivity contribution < 1.29 is 20.8 Å². The van der Waals surface area contributed by atoms with Crippen molar-refractivity contribution in [1.82, 2.24) is 4.90 Å². The van der Waals surface area contributed by atoms with Crippen molar-refractivity contribution in [3.8, 4) is 16.2 Å². The van der Waals surface area contributed by atoms with E-state index >= 15 is 0 Å². The minimum atomic E-state index is -0.898. The van der Waals surface area contributed by atoms with Crippen molar-refractivity contribution in [1.29, 1.82) is 0 Å². The SMILES string of the molecule is [2H]C(c1ccccc1)N(Cc1ccccc1OCCCCCC(=O)O)C(=O)c1ccc(-c2cccs2)cc1. The van der Waals surface area contributed by atoms with Crippen LogP contribution >= 0.6 is 11.3 Å². The van der Waals surface area contributed by atoms with Gasteiger partial charge in [0.25, 0.3) is 5.91 Å². The molecule has 1 atom stereocenters. The first-order valence-corrected chi connectivity index (χ1v) is 13.3. The lowest BCUT2D eigenvalue weighted by molar-refractivity contribution is -0.137. The molecule has 0 aliphatic rings. The van der Waals surface area contributed by atoms with Crippen molar-refractivity contribution in [2.45, 2.75) is 38.7 Å². The van der Waals surface area contributed by atoms with Gasteiger partial charge >= 0.3 is 5.97 Å². The third kappa shape index (κ3) is 7.79. The Bertz CT molecular complexity index is 1310. The largest absolute Gasteiger partial charge is 0.493 e. The summed E-state index contributed by atoms with van der Waals surface area (Å²) in [5.41, 5.74) is 3.12. The Morgan fingerprint density at radius 2 is 1.62 bits per heavy atom. The zero-order valence-electron chi connectivity index (χ0n) is 21.6. The number of aliphatic carboxylic acids is 1. The highest BCUT2D eigenvalue weighted by Crippen LogP contribution is 2.26. The lowest BCUT2D eigenvalue weighted by Gasteiger charge is -2.24. The molecule has 4 rings (SSSR count). The van der Waals surface area contributed by atoms with E-state index in [0.717, 1.165) is 34.4 Å². The number of amides is 1. The van der Waals surface area contributed by atoms with Crippen LogP contribution in [0.3, 0.4) is 0 Å². The van der Waals surface area contributed by atoms with Crippen LogP contribution in [-0.4, -0.2) is 28.5 Å². The third-order valence-electron chi connectivity index (χ3n) is 5.91. The second kappa shape index (κ2) is 13.4. The van der Waals surface area contributed by atoms with Crippen molar-refractivity contribution in [3.63, 3.8) is 0 Å². The van der Waals surface area contributed by atoms with Crippen LogP contribution in [0.2, 0.25) is 0 Å². The van der Waals surface area contributed by atoms with E-state index in [1.165, 1.54) is 0 Å². The number of unbranched alkanes of at least 4 members (excludes halogenated alkanes) is 2. The molecule has 1 N–H and O–H groups in total. The molecule has 0 saturated carbocycles. The molecule has 0 saturated heterocycles. The van der Waals surface area contributed by atoms with Crippen LogP contribution in [0.4, 0.5) is 0 Å². The van der Waals surface area contributed by atoms with Gasteiger partial charge in [0, 0.05) is 35.5 Å². The molecule has 6 heteroatoms. The van der Waals surface area contributed by atoms with E-state index in [2.05, 4.69) is 0 Å². The number of hydrogen-bond donors (Lipinski definition) is 1. The number of benzene rings is 3. The van der Waals surface area contributed by atoms with Gasteiger partial charge in [-0.1, -0.05) is 66.7 Å². The van der Waals surface area contributed by atoms with Gasteiger partial charge in [0.05, 0.1) is 7.98 Å². The molecule has 0 aliphatic carbocycles. The monoisotopic (exact) mass is 514 g/mol. The van der Waals surface area contributed by atoms with E-state index in [9.17, 15) is 9.59 Å². The number of ether oxygens (including phenoxy) is 1. The fraction of sp³-hybridized carbons (Fsp3) is 0.226. The predicted molar refractivity (Wildman–Crippen MR) is 148 cm³/mol. The lowest BCUT2D eigenvalue weighted by Crippen LogP contribution is -2.30. The first-order valence-electron chi connectivity index (χ1n) is 13.0. The standard InChI is InChI=1S/C31H31NO4S/c33-30(34)15-5-2-8-20-36-28-13-7-6-12-27(28)23-32(22-24-10-3-1-4-11-24)31(35)26-18-16-25(17-19-26)29-14-9-21-37-29/h1,3-4,6-7,9-14,16-19,21H,2,5,8,15,20,22-23H2,(H,33,34)/i22D. The van der Waals surface area contributed by atoms with Gasteiger partial charge in [-0.3, -0.25) is 9.59 Å². The van der Waals surface area contributed by atoms with Gasteiger partial charge in [-0.15, -0.1) is 11.3 Å². The Morgan fingerprint density at radius 3 is 2.35 bits per heavy atom. The van der Waals surface area contributed by atoms with E-state index in [0.29, 0.717) is 24.3 Å². The van der Waals surface area contributed by atoms with Crippen molar-refractivity contribution in [2.24, 2.45) is 0 Å². The summed E-state index contributed by atoms with van der Waals surface area (Å²) >= 11 is 1.65. The number of hydrogen-bond acceptors (Lipinski definition) is 4. The Kier molecular flexibility index (Phi) is 8.99. The number of carboxylic acids is 1. The second-order valence-corrected chi connectivity index (χ2v) is 9.64. The van der Waals surface area contributed by atoms with Crippen LogP contribution in [0.25, 0.3) is 10.4 Å². The van der Waals surface area contributed by atoms with E-state index in [4.69, 9.17) is 11.2 Å². The summed E-state index contributed by atoms with van der Waals surface area (Å²) in [7, 11) is 0. The molecule has 1 aromatic heterocycles. The quantitative estimate of drug-likeness (QED) is 0.190. The summed E-state index contributed by atoms with van der Waals surface area (Å²) < 4.78 is 15.0. The molecule has 37 heavy (non-hydrogen) atoms. The average Bonchev–Trinajstić information content (AvgIpc) is 3.49. The van der Waals surface area contributed by atoms with Crippen LogP contribution in [0.1, 0.15) is 48.5 Å². The molecule has 4 aromatic rings. The predicted octanol–water partition coefficient (Wildman–Crippen LogP) is 7.28. The molecular formula is C31H31NO4S. The average molecular weight is 515 g/mol.